The second kappa shape index (κ2) is 61.6. The van der Waals surface area contributed by atoms with Crippen molar-refractivity contribution in [2.24, 2.45) is 21.9 Å². The summed E-state index contributed by atoms with van der Waals surface area (Å²) in [4.78, 5) is 117. The van der Waals surface area contributed by atoms with Crippen molar-refractivity contribution in [2.45, 2.75) is 77.0 Å². The molecule has 0 saturated carbocycles. The third-order valence-electron chi connectivity index (χ3n) is 11.5. The quantitative estimate of drug-likeness (QED) is 0.00879. The number of thiocarbonyl (C=S) groups is 2. The molecule has 4 rings (SSSR count). The molecular weight excluding hydrogens is 1360 g/mol. The summed E-state index contributed by atoms with van der Waals surface area (Å²) < 4.78 is 0. The van der Waals surface area contributed by atoms with Gasteiger partial charge in [0.15, 0.2) is 5.11 Å². The van der Waals surface area contributed by atoms with Crippen molar-refractivity contribution >= 4 is 94.2 Å². The minimum Gasteiger partial charge on any atom is -0.365 e. The largest absolute Gasteiger partial charge is 0.365 e. The maximum absolute atomic E-state index is 12.6. The molecule has 0 aliphatic carbocycles. The molecule has 0 bridgehead atoms. The van der Waals surface area contributed by atoms with Crippen molar-refractivity contribution in [1.29, 1.82) is 0 Å². The number of rotatable bonds is 30. The van der Waals surface area contributed by atoms with Gasteiger partial charge in [-0.25, -0.2) is 80.7 Å². The van der Waals surface area contributed by atoms with E-state index in [1.807, 2.05) is 66.1 Å². The monoisotopic (exact) mass is 1470 g/mol. The third kappa shape index (κ3) is 60.7. The number of hydrazine groups is 9. The van der Waals surface area contributed by atoms with Crippen molar-refractivity contribution in [2.75, 3.05) is 122 Å². The fourth-order valence-electron chi connectivity index (χ4n) is 6.99. The van der Waals surface area contributed by atoms with Crippen molar-refractivity contribution in [3.63, 3.8) is 0 Å². The first-order valence-corrected chi connectivity index (χ1v) is 32.9. The number of nitrogens with one attached hydrogen (secondary N) is 19. The average Bonchev–Trinajstić information content (AvgIpc) is 0.924. The molecule has 2 aromatic heterocycles. The normalized spacial score (nSPS) is 10.0. The van der Waals surface area contributed by atoms with Crippen LogP contribution in [0.25, 0.3) is 0 Å². The summed E-state index contributed by atoms with van der Waals surface area (Å²) in [5, 5.41) is 40.1. The molecule has 0 aliphatic rings. The van der Waals surface area contributed by atoms with E-state index >= 15 is 0 Å². The zero-order valence-corrected chi connectivity index (χ0v) is 61.7. The van der Waals surface area contributed by atoms with Crippen LogP contribution in [0.2, 0.25) is 0 Å². The highest BCUT2D eigenvalue weighted by Gasteiger charge is 2.19. The van der Waals surface area contributed by atoms with Crippen LogP contribution in [0.5, 0.6) is 0 Å². The van der Waals surface area contributed by atoms with Gasteiger partial charge in [0, 0.05) is 147 Å². The number of pyridine rings is 1. The minimum absolute atomic E-state index is 0.183. The lowest BCUT2D eigenvalue weighted by atomic mass is 10.2. The van der Waals surface area contributed by atoms with Gasteiger partial charge in [-0.3, -0.25) is 78.3 Å². The number of nitrogens with two attached hydrogens (primary N) is 2. The highest BCUT2D eigenvalue weighted by Crippen LogP contribution is 2.10. The predicted molar refractivity (Wildman–Crippen MR) is 400 cm³/mol. The first-order chi connectivity index (χ1) is 48.6. The summed E-state index contributed by atoms with van der Waals surface area (Å²) in [5.74, 6) is 9.41. The number of amides is 15. The molecule has 2 aromatic carbocycles. The van der Waals surface area contributed by atoms with Gasteiger partial charge in [0.25, 0.3) is 17.0 Å². The maximum atomic E-state index is 12.6. The van der Waals surface area contributed by atoms with Crippen molar-refractivity contribution < 1.29 is 38.4 Å². The van der Waals surface area contributed by atoms with E-state index in [4.69, 9.17) is 23.9 Å². The number of carbonyl (C=O) groups is 8. The van der Waals surface area contributed by atoms with Crippen molar-refractivity contribution in [1.82, 2.24) is 131 Å². The Labute approximate surface area is 606 Å². The zero-order chi connectivity index (χ0) is 76.7. The Morgan fingerprint density at radius 2 is 0.824 bits per heavy atom. The van der Waals surface area contributed by atoms with Gasteiger partial charge in [-0.1, -0.05) is 74.9 Å². The zero-order valence-electron chi connectivity index (χ0n) is 60.0. The molecule has 23 N–H and O–H groups in total. The number of benzene rings is 2. The average molecular weight is 1470 g/mol. The number of nitrogen functional groups attached to an aromatic ring is 1. The number of aromatic nitrogens is 3. The summed E-state index contributed by atoms with van der Waals surface area (Å²) in [7, 11) is 18.9. The van der Waals surface area contributed by atoms with Crippen LogP contribution in [0.1, 0.15) is 87.4 Å². The van der Waals surface area contributed by atoms with Gasteiger partial charge in [0.2, 0.25) is 5.11 Å². The molecule has 0 fully saturated rings. The number of carbonyl (C=O) groups excluding carboxylic acids is 8. The number of aromatic amines is 2. The Bertz CT molecular complexity index is 3020. The van der Waals surface area contributed by atoms with Gasteiger partial charge >= 0.3 is 42.2 Å². The summed E-state index contributed by atoms with van der Waals surface area (Å²) in [6, 6.07) is 21.6. The number of para-hydroxylation sites is 1. The molecule has 570 valence electrons. The number of nitrogens with zero attached hydrogens (tertiary/aromatic N) is 9. The number of hydrogen-bond donors (Lipinski definition) is 21. The van der Waals surface area contributed by atoms with E-state index in [9.17, 15) is 47.9 Å². The predicted octanol–water partition coefficient (Wildman–Crippen LogP) is 1.54. The van der Waals surface area contributed by atoms with E-state index in [0.717, 1.165) is 87.0 Å². The lowest BCUT2D eigenvalue weighted by molar-refractivity contribution is 0.0953. The Hall–Kier alpha value is -10.5. The van der Waals surface area contributed by atoms with E-state index in [-0.39, 0.29) is 52.8 Å². The fourth-order valence-corrected chi connectivity index (χ4v) is 7.08. The van der Waals surface area contributed by atoms with Gasteiger partial charge in [0.05, 0.1) is 11.4 Å². The van der Waals surface area contributed by atoms with Crippen LogP contribution in [0.3, 0.4) is 0 Å². The van der Waals surface area contributed by atoms with E-state index in [0.29, 0.717) is 49.8 Å². The Balaban J connectivity index is 0. The van der Waals surface area contributed by atoms with Crippen molar-refractivity contribution in [3.8, 4) is 0 Å². The Kier molecular flexibility index (Phi) is 56.5. The molecule has 0 atom stereocenters. The molecule has 0 radical (unpaired) electrons. The lowest BCUT2D eigenvalue weighted by Crippen LogP contribution is -2.57. The molecule has 2 heterocycles. The smallest absolute Gasteiger partial charge is 0.344 e. The van der Waals surface area contributed by atoms with Crippen LogP contribution < -0.4 is 114 Å². The van der Waals surface area contributed by atoms with Crippen molar-refractivity contribution in [3.05, 3.63) is 124 Å². The first-order valence-electron chi connectivity index (χ1n) is 32.0. The molecular formula is C60H108N30O10S2. The van der Waals surface area contributed by atoms with Gasteiger partial charge in [-0.05, 0) is 99.4 Å². The van der Waals surface area contributed by atoms with E-state index in [1.165, 1.54) is 29.5 Å². The van der Waals surface area contributed by atoms with Gasteiger partial charge < -0.3 is 37.3 Å². The van der Waals surface area contributed by atoms with Crippen LogP contribution in [0.15, 0.2) is 117 Å². The molecule has 15 amide bonds. The van der Waals surface area contributed by atoms with Crippen LogP contribution in [-0.2, 0) is 0 Å². The first kappa shape index (κ1) is 93.6. The molecule has 0 saturated heterocycles. The van der Waals surface area contributed by atoms with Crippen LogP contribution in [-0.4, -0.2) is 220 Å². The van der Waals surface area contributed by atoms with Crippen LogP contribution >= 0.6 is 24.4 Å². The number of azo groups is 1. The molecule has 0 unspecified atom stereocenters. The molecule has 42 heteroatoms. The Morgan fingerprint density at radius 3 is 1.17 bits per heavy atom. The highest BCUT2D eigenvalue weighted by molar-refractivity contribution is 7.80. The second-order valence-corrected chi connectivity index (χ2v) is 22.6. The number of hydrogen-bond acceptors (Lipinski definition) is 22. The maximum Gasteiger partial charge on any atom is 0.344 e. The van der Waals surface area contributed by atoms with Crippen LogP contribution in [0, 0.1) is 0 Å². The van der Waals surface area contributed by atoms with Gasteiger partial charge in [-0.2, -0.15) is 0 Å². The lowest BCUT2D eigenvalue weighted by Gasteiger charge is -2.24. The second-order valence-electron chi connectivity index (χ2n) is 21.8. The number of H-pyrrole nitrogens is 2. The van der Waals surface area contributed by atoms with Gasteiger partial charge in [0.1, 0.15) is 0 Å². The standard InChI is InChI=1S/C23H50N12O5.C13H12N4S.C12H28N6O2.C6H7N3O.C4H4N2O2.C2H7N3S/c1-32(2)28-19(36)24-15-11-7-8-12-17-26-21(38)31-35(23(40)27-22(39)30-34(5)6)18-14-10-9-13-16-25-20(37)29-33(3)4;18-13(16-14-11-7-3-1-4-8-11)17-15-12-9-5-2-6-10-12;1-17(2)15-11(19)13-9-7-5-6-8-10-14-12(20)16-18(3)4;7-9-6(10)5-1-3-8-4-2-5;7-3-1-2-4(8)6-5-3;1-4-2(6)5-3/h7-18H2,1-6H3,(H2,24,28,36)(H2,25,29,37)(H2,26,31,38)(H2,27,30,39,40);1-10,14H,(H,16,18);5-10H2,1-4H3,(H2,13,15,19)(H2,14,16,20);1-4H,7H2,(H,9,10);1-2H,(H,5,7)(H,6,8);3H2,1H3,(H2,4,5,6). The molecule has 0 aliphatic heterocycles. The molecule has 0 spiro atoms. The van der Waals surface area contributed by atoms with E-state index in [1.54, 1.807) is 110 Å². The molecule has 4 aromatic rings. The number of unbranched alkanes of at least 4 members (excludes halogenated alkanes) is 9. The van der Waals surface area contributed by atoms with E-state index in [2.05, 4.69) is 124 Å². The third-order valence-corrected chi connectivity index (χ3v) is 12.0. The Morgan fingerprint density at radius 1 is 0.461 bits per heavy atom. The molecule has 102 heavy (non-hydrogen) atoms. The highest BCUT2D eigenvalue weighted by atomic mass is 32.1. The SMILES string of the molecule is CN(C)NC(=O)NCCCCCCNC(=O)NN(C)C.CN(C)NC(=O)NCCCCCCNC(=O)NN(CCCCCCNC(=O)NN(C)C)C(=O)NC(=O)NN(C)C.CNC(=S)NN.NNC(=O)c1ccncc1.O=c1ccc(=O)[nH][nH]1.S=C(N=Nc1ccccc1)NNc1ccccc1. The number of anilines is 1. The topological polar surface area (TPSA) is 516 Å². The van der Waals surface area contributed by atoms with E-state index < -0.39 is 18.1 Å². The molecule has 40 nitrogen and oxygen atoms in total. The fraction of sp³-hybridized carbons (Fsp3) is 0.483. The number of imide groups is 1. The minimum atomic E-state index is -0.762. The van der Waals surface area contributed by atoms with Gasteiger partial charge in [-0.15, -0.1) is 10.2 Å². The summed E-state index contributed by atoms with van der Waals surface area (Å²) in [6.07, 6.45) is 13.2. The summed E-state index contributed by atoms with van der Waals surface area (Å²) in [6.45, 7) is 2.99. The number of urea groups is 7. The summed E-state index contributed by atoms with van der Waals surface area (Å²) >= 11 is 9.53. The van der Waals surface area contributed by atoms with Crippen LogP contribution in [0.4, 0.5) is 44.9 Å². The summed E-state index contributed by atoms with van der Waals surface area (Å²) in [5.41, 5.74) is 26.9.